The lowest BCUT2D eigenvalue weighted by Gasteiger charge is -2.35. The summed E-state index contributed by atoms with van der Waals surface area (Å²) >= 11 is 0. The van der Waals surface area contributed by atoms with Gasteiger partial charge >= 0.3 is 0 Å². The van der Waals surface area contributed by atoms with Gasteiger partial charge in [-0.15, -0.1) is 24.0 Å². The molecule has 1 aliphatic rings. The Bertz CT molecular complexity index is 940. The summed E-state index contributed by atoms with van der Waals surface area (Å²) in [5.41, 5.74) is 2.94. The van der Waals surface area contributed by atoms with Crippen LogP contribution in [0.5, 0.6) is 0 Å². The third kappa shape index (κ3) is 7.34. The lowest BCUT2D eigenvalue weighted by atomic mass is 10.1. The predicted octanol–water partition coefficient (Wildman–Crippen LogP) is 2.01. The zero-order valence-electron chi connectivity index (χ0n) is 18.9. The normalized spacial score (nSPS) is 15.3. The number of nitrogens with zero attached hydrogens (tertiary/aromatic N) is 5. The smallest absolute Gasteiger partial charge is 0.220 e. The van der Waals surface area contributed by atoms with Crippen molar-refractivity contribution >= 4 is 45.6 Å². The first kappa shape index (κ1) is 26.4. The van der Waals surface area contributed by atoms with Crippen molar-refractivity contribution in [2.75, 3.05) is 58.8 Å². The summed E-state index contributed by atoms with van der Waals surface area (Å²) < 4.78 is 31.4. The predicted molar refractivity (Wildman–Crippen MR) is 138 cm³/mol. The number of piperazine rings is 1. The van der Waals surface area contributed by atoms with Crippen LogP contribution >= 0.6 is 24.0 Å². The largest absolute Gasteiger partial charge is 0.378 e. The number of guanidine groups is 1. The lowest BCUT2D eigenvalue weighted by Crippen LogP contribution is -2.54. The van der Waals surface area contributed by atoms with Crippen LogP contribution < -0.4 is 10.2 Å². The number of aromatic nitrogens is 1. The van der Waals surface area contributed by atoms with Crippen molar-refractivity contribution in [1.29, 1.82) is 0 Å². The molecule has 0 aliphatic carbocycles. The molecule has 178 valence electrons. The number of hydrogen-bond donors (Lipinski definition) is 1. The molecule has 3 rings (SSSR count). The zero-order valence-corrected chi connectivity index (χ0v) is 22.0. The summed E-state index contributed by atoms with van der Waals surface area (Å²) in [4.78, 5) is 8.57. The Morgan fingerprint density at radius 1 is 1.16 bits per heavy atom. The minimum Gasteiger partial charge on any atom is -0.378 e. The van der Waals surface area contributed by atoms with Gasteiger partial charge in [0.15, 0.2) is 5.96 Å². The van der Waals surface area contributed by atoms with Crippen LogP contribution in [-0.4, -0.2) is 82.6 Å². The minimum absolute atomic E-state index is 0. The van der Waals surface area contributed by atoms with Crippen molar-refractivity contribution in [3.8, 4) is 0 Å². The topological polar surface area (TPSA) is 94.3 Å². The van der Waals surface area contributed by atoms with Crippen LogP contribution in [0.15, 0.2) is 46.1 Å². The Balaban J connectivity index is 0.00000363. The van der Waals surface area contributed by atoms with E-state index in [0.717, 1.165) is 25.3 Å². The first-order valence-electron chi connectivity index (χ1n) is 10.5. The summed E-state index contributed by atoms with van der Waals surface area (Å²) in [6.45, 7) is 2.87. The molecule has 1 saturated heterocycles. The van der Waals surface area contributed by atoms with Crippen LogP contribution in [0, 0.1) is 0 Å². The van der Waals surface area contributed by atoms with Gasteiger partial charge < -0.3 is 19.6 Å². The van der Waals surface area contributed by atoms with Crippen LogP contribution in [0.25, 0.3) is 0 Å². The fourth-order valence-electron chi connectivity index (χ4n) is 3.55. The highest BCUT2D eigenvalue weighted by Crippen LogP contribution is 2.14. The molecule has 0 bridgehead atoms. The Hall–Kier alpha value is -1.86. The minimum atomic E-state index is -3.40. The monoisotopic (exact) mass is 576 g/mol. The Morgan fingerprint density at radius 2 is 1.84 bits per heavy atom. The number of benzene rings is 1. The van der Waals surface area contributed by atoms with Gasteiger partial charge in [-0.2, -0.15) is 4.31 Å². The second kappa shape index (κ2) is 12.4. The van der Waals surface area contributed by atoms with Gasteiger partial charge in [-0.1, -0.05) is 17.3 Å². The third-order valence-electron chi connectivity index (χ3n) is 5.34. The van der Waals surface area contributed by atoms with E-state index in [1.165, 1.54) is 21.8 Å². The van der Waals surface area contributed by atoms with Crippen LogP contribution in [0.3, 0.4) is 0 Å². The average molecular weight is 577 g/mol. The van der Waals surface area contributed by atoms with Crippen molar-refractivity contribution < 1.29 is 12.9 Å². The number of halogens is 1. The summed E-state index contributed by atoms with van der Waals surface area (Å²) in [5.74, 6) is 0.683. The maximum absolute atomic E-state index is 12.6. The Kier molecular flexibility index (Phi) is 10.2. The lowest BCUT2D eigenvalue weighted by molar-refractivity contribution is 0.260. The number of hydrogen-bond acceptors (Lipinski definition) is 6. The third-order valence-corrected chi connectivity index (χ3v) is 7.16. The first-order chi connectivity index (χ1) is 14.9. The number of aryl methyl sites for hydroxylation is 1. The van der Waals surface area contributed by atoms with E-state index in [1.807, 2.05) is 14.1 Å². The van der Waals surface area contributed by atoms with Gasteiger partial charge in [-0.05, 0) is 30.5 Å². The van der Waals surface area contributed by atoms with E-state index in [2.05, 4.69) is 49.5 Å². The molecule has 2 heterocycles. The highest BCUT2D eigenvalue weighted by atomic mass is 127. The molecular formula is C21H33IN6O3S. The van der Waals surface area contributed by atoms with E-state index in [4.69, 9.17) is 4.52 Å². The van der Waals surface area contributed by atoms with Gasteiger partial charge in [0.25, 0.3) is 0 Å². The summed E-state index contributed by atoms with van der Waals surface area (Å²) in [5, 5.41) is 7.11. The van der Waals surface area contributed by atoms with Gasteiger partial charge in [0.05, 0.1) is 5.69 Å². The number of aliphatic imine (C=N–C) groups is 1. The standard InChI is InChI=1S/C21H32N6O3S.HI/c1-22-21(23-11-4-5-18-6-8-20(9-7-18)25(2)3)26-12-14-27(15-13-26)31(28,29)17-19-10-16-30-24-19;/h6-10,16H,4-5,11-15,17H2,1-3H3,(H,22,23);1H. The molecule has 0 unspecified atom stereocenters. The van der Waals surface area contributed by atoms with E-state index < -0.39 is 10.0 Å². The molecular weight excluding hydrogens is 543 g/mol. The van der Waals surface area contributed by atoms with E-state index >= 15 is 0 Å². The molecule has 9 nitrogen and oxygen atoms in total. The molecule has 0 radical (unpaired) electrons. The van der Waals surface area contributed by atoms with E-state index in [-0.39, 0.29) is 29.7 Å². The molecule has 1 N–H and O–H groups in total. The summed E-state index contributed by atoms with van der Waals surface area (Å²) in [6, 6.07) is 10.2. The summed E-state index contributed by atoms with van der Waals surface area (Å²) in [7, 11) is 2.43. The van der Waals surface area contributed by atoms with Crippen molar-refractivity contribution in [3.63, 3.8) is 0 Å². The van der Waals surface area contributed by atoms with Crippen molar-refractivity contribution in [3.05, 3.63) is 47.9 Å². The van der Waals surface area contributed by atoms with Gasteiger partial charge in [0.1, 0.15) is 12.0 Å². The molecule has 32 heavy (non-hydrogen) atoms. The SMILES string of the molecule is CN=C(NCCCc1ccc(N(C)C)cc1)N1CCN(S(=O)(=O)Cc2ccon2)CC1.I. The van der Waals surface area contributed by atoms with Crippen molar-refractivity contribution in [1.82, 2.24) is 19.7 Å². The molecule has 1 aromatic carbocycles. The molecule has 0 atom stereocenters. The van der Waals surface area contributed by atoms with Crippen LogP contribution in [0.1, 0.15) is 17.7 Å². The second-order valence-corrected chi connectivity index (χ2v) is 9.74. The Labute approximate surface area is 207 Å². The molecule has 1 aliphatic heterocycles. The average Bonchev–Trinajstić information content (AvgIpc) is 3.26. The van der Waals surface area contributed by atoms with Gasteiger partial charge in [-0.3, -0.25) is 4.99 Å². The summed E-state index contributed by atoms with van der Waals surface area (Å²) in [6.07, 6.45) is 3.37. The number of anilines is 1. The van der Waals surface area contributed by atoms with E-state index in [9.17, 15) is 8.42 Å². The van der Waals surface area contributed by atoms with E-state index in [0.29, 0.717) is 31.9 Å². The van der Waals surface area contributed by atoms with Crippen LogP contribution in [0.2, 0.25) is 0 Å². The maximum Gasteiger partial charge on any atom is 0.220 e. The second-order valence-electron chi connectivity index (χ2n) is 7.77. The van der Waals surface area contributed by atoms with Gasteiger partial charge in [0.2, 0.25) is 10.0 Å². The van der Waals surface area contributed by atoms with Crippen molar-refractivity contribution in [2.24, 2.45) is 4.99 Å². The van der Waals surface area contributed by atoms with Crippen molar-refractivity contribution in [2.45, 2.75) is 18.6 Å². The Morgan fingerprint density at radius 3 is 2.41 bits per heavy atom. The zero-order chi connectivity index (χ0) is 22.3. The van der Waals surface area contributed by atoms with Gasteiger partial charge in [0, 0.05) is 65.6 Å². The fourth-order valence-corrected chi connectivity index (χ4v) is 4.98. The molecule has 0 spiro atoms. The number of rotatable bonds is 8. The number of nitrogens with one attached hydrogen (secondary N) is 1. The van der Waals surface area contributed by atoms with Crippen LogP contribution in [-0.2, 0) is 22.2 Å². The van der Waals surface area contributed by atoms with Gasteiger partial charge in [-0.25, -0.2) is 8.42 Å². The molecule has 11 heteroatoms. The first-order valence-corrected chi connectivity index (χ1v) is 12.1. The quantitative estimate of drug-likeness (QED) is 0.223. The van der Waals surface area contributed by atoms with Crippen LogP contribution in [0.4, 0.5) is 5.69 Å². The maximum atomic E-state index is 12.6. The molecule has 1 aromatic heterocycles. The highest BCUT2D eigenvalue weighted by molar-refractivity contribution is 14.0. The highest BCUT2D eigenvalue weighted by Gasteiger charge is 2.28. The molecule has 2 aromatic rings. The van der Waals surface area contributed by atoms with E-state index in [1.54, 1.807) is 13.1 Å². The fraction of sp³-hybridized carbons (Fsp3) is 0.524. The molecule has 0 saturated carbocycles. The molecule has 1 fully saturated rings. The molecule has 0 amide bonds. The number of sulfonamides is 1.